The van der Waals surface area contributed by atoms with Crippen LogP contribution >= 0.6 is 11.3 Å². The highest BCUT2D eigenvalue weighted by Crippen LogP contribution is 2.28. The zero-order valence-corrected chi connectivity index (χ0v) is 13.9. The van der Waals surface area contributed by atoms with Crippen LogP contribution in [-0.4, -0.2) is 32.9 Å². The van der Waals surface area contributed by atoms with E-state index in [-0.39, 0.29) is 23.3 Å². The Morgan fingerprint density at radius 2 is 2.16 bits per heavy atom. The molecule has 2 N–H and O–H groups in total. The molecule has 2 aromatic rings. The van der Waals surface area contributed by atoms with Crippen LogP contribution in [0, 0.1) is 16.0 Å². The summed E-state index contributed by atoms with van der Waals surface area (Å²) in [5.41, 5.74) is 0.764. The number of thiazole rings is 1. The molecule has 1 fully saturated rings. The van der Waals surface area contributed by atoms with Crippen molar-refractivity contribution in [2.75, 3.05) is 0 Å². The zero-order chi connectivity index (χ0) is 18.0. The van der Waals surface area contributed by atoms with E-state index in [0.29, 0.717) is 29.8 Å². The third-order valence-corrected chi connectivity index (χ3v) is 5.05. The molecule has 0 unspecified atom stereocenters. The summed E-state index contributed by atoms with van der Waals surface area (Å²) >= 11 is 1.23. The highest BCUT2D eigenvalue weighted by atomic mass is 32.1. The van der Waals surface area contributed by atoms with Crippen molar-refractivity contribution < 1.29 is 19.6 Å². The van der Waals surface area contributed by atoms with E-state index in [2.05, 4.69) is 10.3 Å². The summed E-state index contributed by atoms with van der Waals surface area (Å²) in [7, 11) is 0. The number of hydrogen-bond donors (Lipinski definition) is 2. The fourth-order valence-corrected chi connectivity index (χ4v) is 3.66. The van der Waals surface area contributed by atoms with Crippen LogP contribution in [0.2, 0.25) is 0 Å². The highest BCUT2D eigenvalue weighted by Gasteiger charge is 2.31. The summed E-state index contributed by atoms with van der Waals surface area (Å²) in [4.78, 5) is 37.9. The van der Waals surface area contributed by atoms with Crippen molar-refractivity contribution in [3.8, 4) is 10.6 Å². The number of nitrogens with one attached hydrogen (secondary N) is 1. The van der Waals surface area contributed by atoms with Crippen LogP contribution < -0.4 is 5.32 Å². The molecule has 1 heterocycles. The fourth-order valence-electron chi connectivity index (χ4n) is 2.86. The highest BCUT2D eigenvalue weighted by molar-refractivity contribution is 7.13. The monoisotopic (exact) mass is 361 g/mol. The van der Waals surface area contributed by atoms with Crippen LogP contribution in [0.1, 0.15) is 29.8 Å². The van der Waals surface area contributed by atoms with Crippen LogP contribution in [0.3, 0.4) is 0 Å². The number of rotatable bonds is 5. The summed E-state index contributed by atoms with van der Waals surface area (Å²) in [6, 6.07) is 5.90. The number of carbonyl (C=O) groups is 2. The third-order valence-electron chi connectivity index (χ3n) is 4.16. The smallest absolute Gasteiger partial charge is 0.306 e. The number of nitro groups is 1. The Labute approximate surface area is 146 Å². The first-order chi connectivity index (χ1) is 11.9. The summed E-state index contributed by atoms with van der Waals surface area (Å²) in [6.45, 7) is 0. The average molecular weight is 361 g/mol. The maximum absolute atomic E-state index is 12.3. The summed E-state index contributed by atoms with van der Waals surface area (Å²) in [5.74, 6) is -1.61. The van der Waals surface area contributed by atoms with E-state index in [1.807, 2.05) is 0 Å². The van der Waals surface area contributed by atoms with Crippen LogP contribution in [-0.2, 0) is 4.79 Å². The van der Waals surface area contributed by atoms with Crippen molar-refractivity contribution in [2.45, 2.75) is 25.3 Å². The lowest BCUT2D eigenvalue weighted by atomic mass is 10.1. The number of nitrogens with zero attached hydrogens (tertiary/aromatic N) is 2. The van der Waals surface area contributed by atoms with Crippen molar-refractivity contribution in [3.05, 3.63) is 45.5 Å². The molecule has 1 aliphatic rings. The number of aliphatic carboxylic acids is 1. The van der Waals surface area contributed by atoms with Gasteiger partial charge in [0, 0.05) is 29.1 Å². The van der Waals surface area contributed by atoms with E-state index in [9.17, 15) is 19.7 Å². The van der Waals surface area contributed by atoms with Gasteiger partial charge in [0.2, 0.25) is 0 Å². The number of benzene rings is 1. The van der Waals surface area contributed by atoms with Crippen LogP contribution in [0.25, 0.3) is 10.6 Å². The second-order valence-corrected chi connectivity index (χ2v) is 6.72. The molecule has 0 saturated heterocycles. The molecule has 0 bridgehead atoms. The van der Waals surface area contributed by atoms with Gasteiger partial charge in [-0.05, 0) is 19.3 Å². The van der Waals surface area contributed by atoms with Crippen LogP contribution in [0.4, 0.5) is 5.69 Å². The Hall–Kier alpha value is -2.81. The predicted molar refractivity (Wildman–Crippen MR) is 90.4 cm³/mol. The van der Waals surface area contributed by atoms with Gasteiger partial charge in [0.05, 0.1) is 10.8 Å². The summed E-state index contributed by atoms with van der Waals surface area (Å²) in [5, 5.41) is 24.8. The molecule has 2 atom stereocenters. The predicted octanol–water partition coefficient (Wildman–Crippen LogP) is 2.70. The minimum Gasteiger partial charge on any atom is -0.481 e. The Balaban J connectivity index is 1.69. The number of amides is 1. The molecule has 1 aliphatic carbocycles. The molecule has 9 heteroatoms. The topological polar surface area (TPSA) is 122 Å². The van der Waals surface area contributed by atoms with Crippen molar-refractivity contribution >= 4 is 28.9 Å². The lowest BCUT2D eigenvalue weighted by Gasteiger charge is -2.10. The minimum absolute atomic E-state index is 0.0376. The van der Waals surface area contributed by atoms with Gasteiger partial charge in [0.25, 0.3) is 11.6 Å². The SMILES string of the molecule is O=C(N[C@@H]1CC[C@H](C(=O)O)C1)c1csc(-c2cccc([N+](=O)[O-])c2)n1. The molecule has 0 spiro atoms. The number of aromatic nitrogens is 1. The average Bonchev–Trinajstić information content (AvgIpc) is 3.24. The number of nitro benzene ring substituents is 1. The van der Waals surface area contributed by atoms with Crippen molar-refractivity contribution in [1.82, 2.24) is 10.3 Å². The summed E-state index contributed by atoms with van der Waals surface area (Å²) in [6.07, 6.45) is 1.60. The van der Waals surface area contributed by atoms with E-state index in [1.54, 1.807) is 17.5 Å². The Morgan fingerprint density at radius 1 is 1.36 bits per heavy atom. The maximum atomic E-state index is 12.3. The van der Waals surface area contributed by atoms with E-state index < -0.39 is 16.8 Å². The standard InChI is InChI=1S/C16H15N3O5S/c20-14(17-11-5-4-10(6-11)16(21)22)13-8-25-15(18-13)9-2-1-3-12(7-9)19(23)24/h1-3,7-8,10-11H,4-6H2,(H,17,20)(H,21,22)/t10-,11+/m0/s1. The third kappa shape index (κ3) is 3.82. The molecule has 130 valence electrons. The zero-order valence-electron chi connectivity index (χ0n) is 13.0. The van der Waals surface area contributed by atoms with Gasteiger partial charge in [0.15, 0.2) is 0 Å². The second-order valence-electron chi connectivity index (χ2n) is 5.86. The molecular formula is C16H15N3O5S. The molecule has 1 amide bonds. The molecule has 1 saturated carbocycles. The number of carboxylic acids is 1. The lowest BCUT2D eigenvalue weighted by molar-refractivity contribution is -0.384. The normalized spacial score (nSPS) is 19.5. The first-order valence-electron chi connectivity index (χ1n) is 7.68. The van der Waals surface area contributed by atoms with Crippen molar-refractivity contribution in [2.24, 2.45) is 5.92 Å². The number of hydrogen-bond acceptors (Lipinski definition) is 6. The first-order valence-corrected chi connectivity index (χ1v) is 8.56. The van der Waals surface area contributed by atoms with Crippen LogP contribution in [0.15, 0.2) is 29.6 Å². The minimum atomic E-state index is -0.835. The maximum Gasteiger partial charge on any atom is 0.306 e. The fraction of sp³-hybridized carbons (Fsp3) is 0.312. The molecule has 8 nitrogen and oxygen atoms in total. The van der Waals surface area contributed by atoms with Gasteiger partial charge in [-0.25, -0.2) is 4.98 Å². The van der Waals surface area contributed by atoms with E-state index in [4.69, 9.17) is 5.11 Å². The Morgan fingerprint density at radius 3 is 2.84 bits per heavy atom. The van der Waals surface area contributed by atoms with E-state index >= 15 is 0 Å². The van der Waals surface area contributed by atoms with Crippen molar-refractivity contribution in [3.63, 3.8) is 0 Å². The van der Waals surface area contributed by atoms with E-state index in [0.717, 1.165) is 0 Å². The number of carboxylic acid groups (broad SMARTS) is 1. The van der Waals surface area contributed by atoms with Gasteiger partial charge < -0.3 is 10.4 Å². The molecule has 1 aromatic carbocycles. The van der Waals surface area contributed by atoms with Gasteiger partial charge in [-0.1, -0.05) is 12.1 Å². The van der Waals surface area contributed by atoms with Gasteiger partial charge >= 0.3 is 5.97 Å². The van der Waals surface area contributed by atoms with Crippen molar-refractivity contribution in [1.29, 1.82) is 0 Å². The van der Waals surface area contributed by atoms with Gasteiger partial charge in [-0.3, -0.25) is 19.7 Å². The second kappa shape index (κ2) is 6.98. The molecule has 3 rings (SSSR count). The Kier molecular flexibility index (Phi) is 4.75. The quantitative estimate of drug-likeness (QED) is 0.623. The molecular weight excluding hydrogens is 346 g/mol. The largest absolute Gasteiger partial charge is 0.481 e. The van der Waals surface area contributed by atoms with Gasteiger partial charge in [0.1, 0.15) is 10.7 Å². The molecule has 0 aliphatic heterocycles. The number of carbonyl (C=O) groups excluding carboxylic acids is 1. The molecule has 1 aromatic heterocycles. The van der Waals surface area contributed by atoms with Gasteiger partial charge in [-0.2, -0.15) is 0 Å². The molecule has 0 radical (unpaired) electrons. The summed E-state index contributed by atoms with van der Waals surface area (Å²) < 4.78 is 0. The Bertz CT molecular complexity index is 835. The lowest BCUT2D eigenvalue weighted by Crippen LogP contribution is -2.33. The van der Waals surface area contributed by atoms with Gasteiger partial charge in [-0.15, -0.1) is 11.3 Å². The first kappa shape index (κ1) is 17.0. The molecule has 25 heavy (non-hydrogen) atoms. The van der Waals surface area contributed by atoms with E-state index in [1.165, 1.54) is 23.5 Å². The number of non-ortho nitro benzene ring substituents is 1. The van der Waals surface area contributed by atoms with Crippen LogP contribution in [0.5, 0.6) is 0 Å².